The van der Waals surface area contributed by atoms with Crippen LogP contribution >= 0.6 is 11.3 Å². The number of nitriles is 1. The highest BCUT2D eigenvalue weighted by molar-refractivity contribution is 7.91. The monoisotopic (exact) mass is 594 g/mol. The van der Waals surface area contributed by atoms with Crippen LogP contribution < -0.4 is 4.90 Å². The Morgan fingerprint density at radius 1 is 1.00 bits per heavy atom. The predicted octanol–water partition coefficient (Wildman–Crippen LogP) is 4.79. The van der Waals surface area contributed by atoms with Crippen molar-refractivity contribution in [2.45, 2.75) is 49.4 Å². The van der Waals surface area contributed by atoms with Crippen LogP contribution in [0, 0.1) is 11.3 Å². The van der Waals surface area contributed by atoms with E-state index in [1.807, 2.05) is 0 Å². The van der Waals surface area contributed by atoms with Crippen molar-refractivity contribution in [2.24, 2.45) is 0 Å². The average molecular weight is 595 g/mol. The van der Waals surface area contributed by atoms with Gasteiger partial charge < -0.3 is 4.90 Å². The predicted molar refractivity (Wildman–Crippen MR) is 144 cm³/mol. The number of anilines is 1. The summed E-state index contributed by atoms with van der Waals surface area (Å²) in [7, 11) is -3.43. The number of hydrogen-bond acceptors (Lipinski definition) is 7. The maximum absolute atomic E-state index is 13.4. The molecule has 40 heavy (non-hydrogen) atoms. The summed E-state index contributed by atoms with van der Waals surface area (Å²) in [6, 6.07) is 7.65. The molecule has 3 heterocycles. The molecule has 2 aromatic rings. The Hall–Kier alpha value is -3.05. The lowest BCUT2D eigenvalue weighted by Gasteiger charge is -2.33. The number of sulfonamides is 1. The number of amides is 2. The van der Waals surface area contributed by atoms with Gasteiger partial charge in [-0.3, -0.25) is 9.59 Å². The summed E-state index contributed by atoms with van der Waals surface area (Å²) < 4.78 is 67.3. The number of piperazine rings is 1. The molecule has 214 valence electrons. The molecule has 0 spiro atoms. The van der Waals surface area contributed by atoms with E-state index in [0.717, 1.165) is 36.8 Å². The summed E-state index contributed by atoms with van der Waals surface area (Å²) in [5, 5.41) is 10.7. The number of hydrogen-bond donors (Lipinski definition) is 0. The quantitative estimate of drug-likeness (QED) is 0.290. The maximum atomic E-state index is 13.4. The number of unbranched alkanes of at least 4 members (excludes halogenated alkanes) is 3. The number of alkyl halides is 3. The van der Waals surface area contributed by atoms with E-state index in [-0.39, 0.29) is 11.3 Å². The Bertz CT molecular complexity index is 1440. The van der Waals surface area contributed by atoms with Crippen molar-refractivity contribution in [3.63, 3.8) is 0 Å². The molecule has 4 rings (SSSR count). The van der Waals surface area contributed by atoms with Crippen LogP contribution in [0.2, 0.25) is 0 Å². The SMILES string of the molecule is CC1=C(CCCCCCN2CCN(S(=O)(=O)c3cccs3)CC2)C(=O)N(c2ccc(C#N)c(C(F)(F)F)c2)C1=O. The van der Waals surface area contributed by atoms with Crippen molar-refractivity contribution in [3.8, 4) is 6.07 Å². The third kappa shape index (κ3) is 6.30. The van der Waals surface area contributed by atoms with E-state index in [0.29, 0.717) is 54.9 Å². The molecule has 0 aliphatic carbocycles. The van der Waals surface area contributed by atoms with Crippen molar-refractivity contribution in [1.29, 1.82) is 5.26 Å². The zero-order valence-electron chi connectivity index (χ0n) is 21.9. The molecule has 1 fully saturated rings. The largest absolute Gasteiger partial charge is 0.417 e. The average Bonchev–Trinajstić information content (AvgIpc) is 3.54. The molecule has 1 aromatic carbocycles. The van der Waals surface area contributed by atoms with Gasteiger partial charge in [0, 0.05) is 37.3 Å². The van der Waals surface area contributed by atoms with Crippen LogP contribution in [0.5, 0.6) is 0 Å². The Morgan fingerprint density at radius 3 is 2.33 bits per heavy atom. The maximum Gasteiger partial charge on any atom is 0.417 e. The molecule has 0 atom stereocenters. The van der Waals surface area contributed by atoms with Crippen molar-refractivity contribution >= 4 is 38.9 Å². The van der Waals surface area contributed by atoms with Gasteiger partial charge in [0.2, 0.25) is 0 Å². The molecular formula is C27H29F3N4O4S2. The van der Waals surface area contributed by atoms with E-state index in [1.165, 1.54) is 34.7 Å². The molecular weight excluding hydrogens is 565 g/mol. The van der Waals surface area contributed by atoms with Crippen molar-refractivity contribution in [1.82, 2.24) is 9.21 Å². The van der Waals surface area contributed by atoms with Gasteiger partial charge >= 0.3 is 6.18 Å². The molecule has 1 saturated heterocycles. The Kier molecular flexibility index (Phi) is 9.14. The third-order valence-corrected chi connectivity index (χ3v) is 10.5. The Balaban J connectivity index is 1.22. The van der Waals surface area contributed by atoms with Crippen LogP contribution in [0.4, 0.5) is 18.9 Å². The van der Waals surface area contributed by atoms with Crippen LogP contribution in [-0.4, -0.2) is 62.2 Å². The summed E-state index contributed by atoms with van der Waals surface area (Å²) in [5.41, 5.74) is -1.46. The fraction of sp³-hybridized carbons (Fsp3) is 0.444. The van der Waals surface area contributed by atoms with Gasteiger partial charge in [-0.1, -0.05) is 18.9 Å². The lowest BCUT2D eigenvalue weighted by atomic mass is 10.0. The second kappa shape index (κ2) is 12.2. The minimum absolute atomic E-state index is 0.209. The minimum Gasteiger partial charge on any atom is -0.301 e. The molecule has 2 aliphatic heterocycles. The molecule has 0 saturated carbocycles. The normalized spacial score (nSPS) is 17.6. The molecule has 1 aromatic heterocycles. The number of carbonyl (C=O) groups is 2. The van der Waals surface area contributed by atoms with Gasteiger partial charge in [-0.2, -0.15) is 22.7 Å². The van der Waals surface area contributed by atoms with Crippen LogP contribution in [0.3, 0.4) is 0 Å². The highest BCUT2D eigenvalue weighted by Gasteiger charge is 2.39. The number of imide groups is 1. The third-order valence-electron chi connectivity index (χ3n) is 7.20. The number of carbonyl (C=O) groups excluding carboxylic acids is 2. The van der Waals surface area contributed by atoms with Crippen molar-refractivity contribution in [2.75, 3.05) is 37.6 Å². The lowest BCUT2D eigenvalue weighted by molar-refractivity contribution is -0.138. The number of halogens is 3. The lowest BCUT2D eigenvalue weighted by Crippen LogP contribution is -2.48. The fourth-order valence-electron chi connectivity index (χ4n) is 4.94. The molecule has 0 unspecified atom stereocenters. The standard InChI is InChI=1S/C27H29F3N4O4S2/c1-19-22(26(36)34(25(19)35)21-10-9-20(18-31)23(17-21)27(28,29)30)7-4-2-3-5-11-32-12-14-33(15-13-32)40(37,38)24-8-6-16-39-24/h6,8-10,16-17H,2-5,7,11-15H2,1H3. The Labute approximate surface area is 235 Å². The van der Waals surface area contributed by atoms with Gasteiger partial charge in [0.05, 0.1) is 22.9 Å². The molecule has 0 radical (unpaired) electrons. The first-order valence-corrected chi connectivity index (χ1v) is 15.2. The van der Waals surface area contributed by atoms with Crippen LogP contribution in [0.1, 0.15) is 50.2 Å². The fourth-order valence-corrected chi connectivity index (χ4v) is 7.51. The first-order chi connectivity index (χ1) is 18.9. The van der Waals surface area contributed by atoms with E-state index in [9.17, 15) is 31.2 Å². The summed E-state index contributed by atoms with van der Waals surface area (Å²) in [6.45, 7) is 4.55. The van der Waals surface area contributed by atoms with Crippen LogP contribution in [-0.2, 0) is 25.8 Å². The van der Waals surface area contributed by atoms with Crippen LogP contribution in [0.25, 0.3) is 0 Å². The number of thiophene rings is 1. The first-order valence-electron chi connectivity index (χ1n) is 12.9. The molecule has 0 bridgehead atoms. The minimum atomic E-state index is -4.80. The zero-order valence-corrected chi connectivity index (χ0v) is 23.5. The van der Waals surface area contributed by atoms with Crippen LogP contribution in [0.15, 0.2) is 51.1 Å². The van der Waals surface area contributed by atoms with E-state index >= 15 is 0 Å². The van der Waals surface area contributed by atoms with E-state index in [1.54, 1.807) is 17.5 Å². The van der Waals surface area contributed by atoms with Crippen molar-refractivity contribution in [3.05, 3.63) is 58.0 Å². The van der Waals surface area contributed by atoms with Gasteiger partial charge in [-0.15, -0.1) is 11.3 Å². The number of nitrogens with zero attached hydrogens (tertiary/aromatic N) is 4. The number of benzene rings is 1. The second-order valence-electron chi connectivity index (χ2n) is 9.73. The summed E-state index contributed by atoms with van der Waals surface area (Å²) in [6.07, 6.45) is -1.22. The topological polar surface area (TPSA) is 102 Å². The molecule has 0 N–H and O–H groups in total. The zero-order chi connectivity index (χ0) is 29.1. The smallest absolute Gasteiger partial charge is 0.301 e. The summed E-state index contributed by atoms with van der Waals surface area (Å²) in [5.74, 6) is -1.28. The first kappa shape index (κ1) is 29.9. The Morgan fingerprint density at radius 2 is 1.70 bits per heavy atom. The summed E-state index contributed by atoms with van der Waals surface area (Å²) >= 11 is 1.22. The van der Waals surface area contributed by atoms with E-state index in [2.05, 4.69) is 4.90 Å². The van der Waals surface area contributed by atoms with Gasteiger partial charge in [0.15, 0.2) is 0 Å². The van der Waals surface area contributed by atoms with Crippen molar-refractivity contribution < 1.29 is 31.2 Å². The highest BCUT2D eigenvalue weighted by Crippen LogP contribution is 2.37. The van der Waals surface area contributed by atoms with Gasteiger partial charge in [0.25, 0.3) is 21.8 Å². The van der Waals surface area contributed by atoms with Gasteiger partial charge in [0.1, 0.15) is 4.21 Å². The number of rotatable bonds is 10. The van der Waals surface area contributed by atoms with E-state index < -0.39 is 39.1 Å². The summed E-state index contributed by atoms with van der Waals surface area (Å²) in [4.78, 5) is 28.7. The molecule has 2 amide bonds. The van der Waals surface area contributed by atoms with E-state index in [4.69, 9.17) is 5.26 Å². The highest BCUT2D eigenvalue weighted by atomic mass is 32.2. The van der Waals surface area contributed by atoms with Gasteiger partial charge in [-0.25, -0.2) is 13.3 Å². The molecule has 8 nitrogen and oxygen atoms in total. The van der Waals surface area contributed by atoms with Gasteiger partial charge in [-0.05, 0) is 62.4 Å². The molecule has 2 aliphatic rings. The second-order valence-corrected chi connectivity index (χ2v) is 12.8. The molecule has 13 heteroatoms.